The molecule has 0 fully saturated rings. The highest BCUT2D eigenvalue weighted by Gasteiger charge is 2.25. The van der Waals surface area contributed by atoms with Crippen molar-refractivity contribution in [2.75, 3.05) is 32.6 Å². The fourth-order valence-corrected chi connectivity index (χ4v) is 5.57. The summed E-state index contributed by atoms with van der Waals surface area (Å²) < 4.78 is 23.0. The Hall–Kier alpha value is -3.46. The zero-order valence-electron chi connectivity index (χ0n) is 25.3. The molecule has 0 saturated carbocycles. The summed E-state index contributed by atoms with van der Waals surface area (Å²) in [7, 11) is 5.50. The number of methoxy groups -OCH3 is 1. The van der Waals surface area contributed by atoms with E-state index in [1.807, 2.05) is 81.5 Å². The lowest BCUT2D eigenvalue weighted by Crippen LogP contribution is -2.34. The summed E-state index contributed by atoms with van der Waals surface area (Å²) in [5.74, 6) is -0.299. The number of nitrogens with one attached hydrogen (secondary N) is 1. The molecule has 224 valence electrons. The second-order valence-corrected chi connectivity index (χ2v) is 10.9. The molecule has 1 amide bonds. The van der Waals surface area contributed by atoms with Crippen molar-refractivity contribution in [2.45, 2.75) is 56.6 Å². The minimum absolute atomic E-state index is 0.0480. The van der Waals surface area contributed by atoms with Crippen molar-refractivity contribution in [3.63, 3.8) is 0 Å². The van der Waals surface area contributed by atoms with E-state index in [-0.39, 0.29) is 30.3 Å². The number of halogens is 1. The summed E-state index contributed by atoms with van der Waals surface area (Å²) in [4.78, 5) is 22.6. The van der Waals surface area contributed by atoms with E-state index < -0.39 is 0 Å². The molecule has 0 radical (unpaired) electrons. The normalized spacial score (nSPS) is 15.1. The predicted molar refractivity (Wildman–Crippen MR) is 173 cm³/mol. The maximum absolute atomic E-state index is 13.8. The second-order valence-electron chi connectivity index (χ2n) is 9.94. The van der Waals surface area contributed by atoms with E-state index in [4.69, 9.17) is 4.74 Å². The minimum Gasteiger partial charge on any atom is -0.382 e. The fourth-order valence-electron chi connectivity index (χ4n) is 4.73. The zero-order valence-corrected chi connectivity index (χ0v) is 26.1. The van der Waals surface area contributed by atoms with Gasteiger partial charge in [0, 0.05) is 56.4 Å². The zero-order chi connectivity index (χ0) is 30.3. The molecule has 1 N–H and O–H groups in total. The molecule has 8 heteroatoms. The third-order valence-corrected chi connectivity index (χ3v) is 7.70. The third-order valence-electron chi connectivity index (χ3n) is 6.81. The molecule has 6 nitrogen and oxygen atoms in total. The first kappa shape index (κ1) is 33.0. The van der Waals surface area contributed by atoms with Crippen LogP contribution >= 0.6 is 11.9 Å². The molecule has 2 unspecified atom stereocenters. The van der Waals surface area contributed by atoms with Crippen LogP contribution in [-0.4, -0.2) is 44.8 Å². The number of hydrogen-bond acceptors (Lipinski definition) is 6. The fraction of sp³-hybridized carbons (Fsp3) is 0.353. The molecule has 1 aliphatic carbocycles. The first-order valence-electron chi connectivity index (χ1n) is 14.5. The number of nitrogens with zero attached hydrogens (tertiary/aromatic N) is 3. The van der Waals surface area contributed by atoms with Gasteiger partial charge in [0.1, 0.15) is 5.82 Å². The van der Waals surface area contributed by atoms with Gasteiger partial charge in [-0.2, -0.15) is 0 Å². The minimum atomic E-state index is -0.350. The van der Waals surface area contributed by atoms with Gasteiger partial charge in [0.25, 0.3) is 0 Å². The number of benzene rings is 3. The molecular formula is C34H43FN4O2S. The number of carbonyl (C=O) groups is 1. The van der Waals surface area contributed by atoms with Crippen LogP contribution in [0.1, 0.15) is 61.9 Å². The van der Waals surface area contributed by atoms with Crippen LogP contribution in [0.5, 0.6) is 0 Å². The van der Waals surface area contributed by atoms with Gasteiger partial charge in [0.2, 0.25) is 5.91 Å². The van der Waals surface area contributed by atoms with Crippen LogP contribution in [0.25, 0.3) is 0 Å². The summed E-state index contributed by atoms with van der Waals surface area (Å²) in [6, 6.07) is 22.7. The lowest BCUT2D eigenvalue weighted by Gasteiger charge is -2.29. The molecule has 3 aromatic carbocycles. The van der Waals surface area contributed by atoms with Crippen molar-refractivity contribution in [1.82, 2.24) is 9.62 Å². The quantitative estimate of drug-likeness (QED) is 0.173. The van der Waals surface area contributed by atoms with Crippen molar-refractivity contribution in [2.24, 2.45) is 4.99 Å². The summed E-state index contributed by atoms with van der Waals surface area (Å²) in [5, 5.41) is 0. The molecule has 0 aliphatic heterocycles. The SMILES string of the molecule is CC.COC(CC(=O)N(CC=N/C=C\N(C)C)c1ccc2c(c1)C(NSc1cccc(F)c1)CCC2)c1ccccc1. The Bertz CT molecular complexity index is 1320. The standard InChI is InChI=1S/C32H37FN4O2S.C2H6/c1-36(2)19-17-34-18-20-37(32(38)23-31(39-3)25-9-5-4-6-10-25)27-16-15-24-11-7-14-30(29(24)22-27)35-40-28-13-8-12-26(33)21-28;1-2/h4-6,8-10,12-13,15-19,21-22,30-31,35H,7,11,14,20,23H2,1-3H3;1-2H3/b19-17-,34-18?;. The number of carbonyl (C=O) groups excluding carboxylic acids is 1. The third kappa shape index (κ3) is 9.82. The van der Waals surface area contributed by atoms with E-state index in [1.54, 1.807) is 30.5 Å². The molecular weight excluding hydrogens is 547 g/mol. The maximum Gasteiger partial charge on any atom is 0.230 e. The highest BCUT2D eigenvalue weighted by atomic mass is 32.2. The first-order chi connectivity index (χ1) is 20.4. The Morgan fingerprint density at radius 2 is 1.90 bits per heavy atom. The molecule has 0 heterocycles. The molecule has 42 heavy (non-hydrogen) atoms. The number of fused-ring (bicyclic) bond motifs is 1. The molecule has 0 saturated heterocycles. The number of hydrogen-bond donors (Lipinski definition) is 1. The first-order valence-corrected chi connectivity index (χ1v) is 15.3. The van der Waals surface area contributed by atoms with E-state index >= 15 is 0 Å². The van der Waals surface area contributed by atoms with Gasteiger partial charge in [0.05, 0.1) is 19.1 Å². The number of aliphatic imine (C=N–C) groups is 1. The van der Waals surface area contributed by atoms with Gasteiger partial charge in [-0.1, -0.05) is 56.3 Å². The summed E-state index contributed by atoms with van der Waals surface area (Å²) >= 11 is 1.44. The van der Waals surface area contributed by atoms with Crippen LogP contribution in [0.3, 0.4) is 0 Å². The Morgan fingerprint density at radius 1 is 1.12 bits per heavy atom. The number of rotatable bonds is 12. The van der Waals surface area contributed by atoms with Crippen molar-refractivity contribution in [3.05, 3.63) is 108 Å². The summed E-state index contributed by atoms with van der Waals surface area (Å²) in [5.41, 5.74) is 4.21. The molecule has 0 aromatic heterocycles. The van der Waals surface area contributed by atoms with Crippen LogP contribution in [0, 0.1) is 5.82 Å². The van der Waals surface area contributed by atoms with Crippen LogP contribution in [-0.2, 0) is 16.0 Å². The maximum atomic E-state index is 13.8. The average molecular weight is 591 g/mol. The second kappa shape index (κ2) is 17.5. The molecule has 0 spiro atoms. The van der Waals surface area contributed by atoms with Gasteiger partial charge in [-0.15, -0.1) is 0 Å². The largest absolute Gasteiger partial charge is 0.382 e. The Balaban J connectivity index is 0.00000237. The molecule has 1 aliphatic rings. The van der Waals surface area contributed by atoms with E-state index in [9.17, 15) is 9.18 Å². The number of amides is 1. The number of aryl methyl sites for hydroxylation is 1. The van der Waals surface area contributed by atoms with Gasteiger partial charge in [-0.25, -0.2) is 4.39 Å². The smallest absolute Gasteiger partial charge is 0.230 e. The van der Waals surface area contributed by atoms with Crippen molar-refractivity contribution in [3.8, 4) is 0 Å². The van der Waals surface area contributed by atoms with Crippen LogP contribution in [0.2, 0.25) is 0 Å². The molecule has 2 atom stereocenters. The van der Waals surface area contributed by atoms with E-state index in [0.717, 1.165) is 35.4 Å². The monoisotopic (exact) mass is 590 g/mol. The topological polar surface area (TPSA) is 57.2 Å². The molecule has 0 bridgehead atoms. The highest BCUT2D eigenvalue weighted by Crippen LogP contribution is 2.35. The Morgan fingerprint density at radius 3 is 2.62 bits per heavy atom. The van der Waals surface area contributed by atoms with Crippen molar-refractivity contribution >= 4 is 29.8 Å². The van der Waals surface area contributed by atoms with Gasteiger partial charge in [-0.05, 0) is 78.2 Å². The van der Waals surface area contributed by atoms with Crippen molar-refractivity contribution in [1.29, 1.82) is 0 Å². The number of ether oxygens (including phenoxy) is 1. The summed E-state index contributed by atoms with van der Waals surface area (Å²) in [6.07, 6.45) is 8.18. The predicted octanol–water partition coefficient (Wildman–Crippen LogP) is 7.74. The van der Waals surface area contributed by atoms with Crippen LogP contribution < -0.4 is 9.62 Å². The van der Waals surface area contributed by atoms with E-state index in [2.05, 4.69) is 21.8 Å². The molecule has 4 rings (SSSR count). The van der Waals surface area contributed by atoms with Gasteiger partial charge in [-0.3, -0.25) is 14.5 Å². The van der Waals surface area contributed by atoms with E-state index in [1.165, 1.54) is 35.2 Å². The lowest BCUT2D eigenvalue weighted by atomic mass is 9.87. The van der Waals surface area contributed by atoms with Gasteiger partial charge >= 0.3 is 0 Å². The lowest BCUT2D eigenvalue weighted by molar-refractivity contribution is -0.120. The number of anilines is 1. The summed E-state index contributed by atoms with van der Waals surface area (Å²) in [6.45, 7) is 4.33. The highest BCUT2D eigenvalue weighted by molar-refractivity contribution is 7.97. The Labute approximate surface area is 254 Å². The van der Waals surface area contributed by atoms with Crippen LogP contribution in [0.15, 0.2) is 95.1 Å². The van der Waals surface area contributed by atoms with Gasteiger partial charge in [0.15, 0.2) is 0 Å². The Kier molecular flexibility index (Phi) is 13.8. The van der Waals surface area contributed by atoms with Crippen LogP contribution in [0.4, 0.5) is 10.1 Å². The average Bonchev–Trinajstić information content (AvgIpc) is 3.01. The van der Waals surface area contributed by atoms with E-state index in [0.29, 0.717) is 6.54 Å². The van der Waals surface area contributed by atoms with Crippen molar-refractivity contribution < 1.29 is 13.9 Å². The molecule has 3 aromatic rings. The van der Waals surface area contributed by atoms with Gasteiger partial charge < -0.3 is 14.5 Å².